The van der Waals surface area contributed by atoms with Crippen molar-refractivity contribution in [1.29, 1.82) is 0 Å². The Labute approximate surface area is 256 Å². The molecule has 3 saturated carbocycles. The topological polar surface area (TPSA) is 46.5 Å². The van der Waals surface area contributed by atoms with Gasteiger partial charge in [0.25, 0.3) is 0 Å². The Morgan fingerprint density at radius 2 is 1.21 bits per heavy atom. The predicted molar refractivity (Wildman–Crippen MR) is 166 cm³/mol. The van der Waals surface area contributed by atoms with Gasteiger partial charge in [0.05, 0.1) is 22.4 Å². The van der Waals surface area contributed by atoms with Crippen LogP contribution in [0.4, 0.5) is 0 Å². The molecule has 0 amide bonds. The van der Waals surface area contributed by atoms with Crippen LogP contribution in [0.5, 0.6) is 5.75 Å². The smallest absolute Gasteiger partial charge is 0.308 e. The van der Waals surface area contributed by atoms with Crippen LogP contribution < -0.4 is 4.74 Å². The van der Waals surface area contributed by atoms with E-state index in [2.05, 4.69) is 26.8 Å². The number of carboxylic acids is 1. The normalized spacial score (nSPS) is 19.6. The molecule has 1 aromatic carbocycles. The van der Waals surface area contributed by atoms with Crippen LogP contribution in [-0.2, 0) is 25.2 Å². The summed E-state index contributed by atoms with van der Waals surface area (Å²) >= 11 is 0. The summed E-state index contributed by atoms with van der Waals surface area (Å²) in [5.74, 6) is 0.0665. The van der Waals surface area contributed by atoms with E-state index in [4.69, 9.17) is 9.84 Å². The Hall–Kier alpha value is -0.418. The number of rotatable bonds is 6. The summed E-state index contributed by atoms with van der Waals surface area (Å²) in [5.41, 5.74) is 3.01. The fraction of sp³-hybridized carbons (Fsp3) is 0.794. The average molecular weight is 653 g/mol. The molecule has 0 saturated heterocycles. The number of benzene rings is 1. The van der Waals surface area contributed by atoms with Crippen molar-refractivity contribution < 1.29 is 35.1 Å². The van der Waals surface area contributed by atoms with E-state index in [9.17, 15) is 4.79 Å². The number of hydrogen-bond donors (Lipinski definition) is 1. The van der Waals surface area contributed by atoms with Crippen LogP contribution in [0, 0.1) is 11.5 Å². The Bertz CT molecular complexity index is 716. The molecule has 228 valence electrons. The summed E-state index contributed by atoms with van der Waals surface area (Å²) in [5, 5.41) is 8.25. The van der Waals surface area contributed by atoms with E-state index >= 15 is 0 Å². The maximum atomic E-state index is 10.0. The Morgan fingerprint density at radius 1 is 0.821 bits per heavy atom. The Balaban J connectivity index is 0.000000328. The molecule has 39 heavy (non-hydrogen) atoms. The molecule has 3 aliphatic rings. The van der Waals surface area contributed by atoms with E-state index in [1.54, 1.807) is 117 Å². The number of para-hydroxylation sites is 1. The van der Waals surface area contributed by atoms with Gasteiger partial charge in [-0.2, -0.15) is 18.2 Å². The van der Waals surface area contributed by atoms with Gasteiger partial charge in [0.2, 0.25) is 0 Å². The van der Waals surface area contributed by atoms with E-state index in [0.717, 1.165) is 12.2 Å². The summed E-state index contributed by atoms with van der Waals surface area (Å²) in [4.78, 5) is 10.0. The van der Waals surface area contributed by atoms with E-state index in [-0.39, 0.29) is 33.9 Å². The molecule has 0 aliphatic heterocycles. The molecule has 1 N–H and O–H groups in total. The van der Waals surface area contributed by atoms with Gasteiger partial charge < -0.3 is 9.84 Å². The van der Waals surface area contributed by atoms with E-state index < -0.39 is 11.4 Å². The van der Waals surface area contributed by atoms with Crippen LogP contribution in [0.3, 0.4) is 0 Å². The minimum Gasteiger partial charge on any atom is -0.514 e. The fourth-order valence-corrected chi connectivity index (χ4v) is 11.3. The maximum Gasteiger partial charge on any atom is 0.308 e. The van der Waals surface area contributed by atoms with E-state index in [1.165, 1.54) is 17.0 Å². The summed E-state index contributed by atoms with van der Waals surface area (Å²) in [6.07, 6.45) is 24.8. The summed E-state index contributed by atoms with van der Waals surface area (Å²) in [6.45, 7) is 11.3. The Morgan fingerprint density at radius 3 is 1.49 bits per heavy atom. The first-order valence-corrected chi connectivity index (χ1v) is 17.5. The van der Waals surface area contributed by atoms with Crippen molar-refractivity contribution >= 4 is 13.9 Å². The fourth-order valence-electron chi connectivity index (χ4n) is 6.12. The molecule has 0 radical (unpaired) electrons. The standard InChI is InChI=1S/C18H33P.C11H15O.C5H10O2.Pd/c1-4-10-16(11-5-1)19(17-12-6-2-7-13-17)18-14-8-3-9-15-18;1-4-11(2,3)12-10-8-6-5-7-9-10;1-5(2,3)4(6)7;/h16-18H,1-15H2;5-8H,4H2,1-3H3;1-3H3,(H,6,7);/q;-1;;/p+1. The van der Waals surface area contributed by atoms with Crippen LogP contribution in [-0.4, -0.2) is 33.7 Å². The van der Waals surface area contributed by atoms with Gasteiger partial charge in [-0.25, -0.2) is 0 Å². The molecule has 0 heterocycles. The number of hydrogen-bond acceptors (Lipinski definition) is 2. The second-order valence-electron chi connectivity index (χ2n) is 13.5. The molecular weight excluding hydrogens is 594 g/mol. The van der Waals surface area contributed by atoms with Gasteiger partial charge in [-0.05, 0) is 118 Å². The van der Waals surface area contributed by atoms with Gasteiger partial charge in [-0.15, -0.1) is 12.1 Å². The number of ether oxygens (including phenoxy) is 1. The third-order valence-electron chi connectivity index (χ3n) is 8.79. The van der Waals surface area contributed by atoms with Crippen LogP contribution >= 0.6 is 7.92 Å². The molecule has 1 aromatic rings. The van der Waals surface area contributed by atoms with Crippen LogP contribution in [0.1, 0.15) is 144 Å². The van der Waals surface area contributed by atoms with E-state index in [0.29, 0.717) is 0 Å². The monoisotopic (exact) mass is 652 g/mol. The van der Waals surface area contributed by atoms with Crippen molar-refractivity contribution in [1.82, 2.24) is 0 Å². The zero-order valence-corrected chi connectivity index (χ0v) is 28.5. The first kappa shape index (κ1) is 36.6. The molecule has 5 heteroatoms. The van der Waals surface area contributed by atoms with Crippen molar-refractivity contribution in [2.45, 2.75) is 167 Å². The van der Waals surface area contributed by atoms with Gasteiger partial charge in [0, 0.05) is 34.1 Å². The van der Waals surface area contributed by atoms with Gasteiger partial charge in [-0.3, -0.25) is 4.79 Å². The number of carbonyl (C=O) groups is 1. The first-order valence-electron chi connectivity index (χ1n) is 15.8. The third-order valence-corrected chi connectivity index (χ3v) is 13.4. The van der Waals surface area contributed by atoms with Crippen LogP contribution in [0.2, 0.25) is 0 Å². The molecule has 0 spiro atoms. The van der Waals surface area contributed by atoms with Crippen molar-refractivity contribution in [3.05, 3.63) is 30.3 Å². The number of carboxylic acid groups (broad SMARTS) is 1. The minimum atomic E-state index is -0.757. The van der Waals surface area contributed by atoms with Gasteiger partial charge in [0.15, 0.2) is 0 Å². The largest absolute Gasteiger partial charge is 0.514 e. The molecular formula is C34H59O3PPd. The molecule has 0 bridgehead atoms. The quantitative estimate of drug-likeness (QED) is 0.189. The summed E-state index contributed by atoms with van der Waals surface area (Å²) in [7, 11) is -0.0465. The molecule has 4 rings (SSSR count). The molecule has 3 fully saturated rings. The molecule has 3 nitrogen and oxygen atoms in total. The minimum absolute atomic E-state index is 0. The molecule has 0 aromatic heterocycles. The molecule has 3 aliphatic carbocycles. The van der Waals surface area contributed by atoms with Crippen LogP contribution in [0.15, 0.2) is 24.3 Å². The second-order valence-corrected chi connectivity index (χ2v) is 17.0. The van der Waals surface area contributed by atoms with Gasteiger partial charge in [0.1, 0.15) is 5.60 Å². The molecule has 0 atom stereocenters. The summed E-state index contributed by atoms with van der Waals surface area (Å²) < 4.78 is 5.70. The van der Waals surface area contributed by atoms with Gasteiger partial charge >= 0.3 is 5.97 Å². The average Bonchev–Trinajstić information content (AvgIpc) is 2.91. The van der Waals surface area contributed by atoms with Gasteiger partial charge in [-0.1, -0.05) is 26.2 Å². The second kappa shape index (κ2) is 18.9. The van der Waals surface area contributed by atoms with Crippen molar-refractivity contribution in [2.24, 2.45) is 5.41 Å². The Kier molecular flexibility index (Phi) is 17.7. The van der Waals surface area contributed by atoms with Crippen molar-refractivity contribution in [3.63, 3.8) is 0 Å². The maximum absolute atomic E-state index is 10.0. The zero-order valence-electron chi connectivity index (χ0n) is 25.9. The van der Waals surface area contributed by atoms with Crippen LogP contribution in [0.25, 0.3) is 0 Å². The van der Waals surface area contributed by atoms with Crippen molar-refractivity contribution in [2.75, 3.05) is 0 Å². The first-order chi connectivity index (χ1) is 18.0. The predicted octanol–water partition coefficient (Wildman–Crippen LogP) is 10.4. The SMILES string of the molecule is C1CCC([PH+](C2CCCCC2)C2CCCCC2)CC1.CC(C)(C)C(=O)O.CCC(C)(C)Oc1[c-]cccc1.[Pd]. The number of aliphatic carboxylic acids is 1. The van der Waals surface area contributed by atoms with E-state index in [1.807, 2.05) is 24.3 Å². The van der Waals surface area contributed by atoms with Crippen molar-refractivity contribution in [3.8, 4) is 5.75 Å². The zero-order chi connectivity index (χ0) is 28.0. The molecule has 0 unspecified atom stereocenters. The summed E-state index contributed by atoms with van der Waals surface area (Å²) in [6, 6.07) is 10.7. The third kappa shape index (κ3) is 14.4.